The fraction of sp³-hybridized carbons (Fsp3) is 0.300. The third-order valence-electron chi connectivity index (χ3n) is 1.94. The zero-order valence-corrected chi connectivity index (χ0v) is 10.4. The van der Waals surface area contributed by atoms with Crippen molar-refractivity contribution < 1.29 is 13.6 Å². The molecule has 0 N–H and O–H groups in total. The molecule has 0 aliphatic heterocycles. The van der Waals surface area contributed by atoms with Crippen molar-refractivity contribution >= 4 is 34.3 Å². The Bertz CT molecular complexity index is 382. The van der Waals surface area contributed by atoms with Crippen molar-refractivity contribution in [2.75, 3.05) is 0 Å². The SMILES string of the molecule is CC(=O)C(Br)c1ccc(S)cc1C(F)F. The van der Waals surface area contributed by atoms with Crippen LogP contribution < -0.4 is 0 Å². The standard InChI is InChI=1S/C10H9BrF2OS/c1-5(14)9(11)7-3-2-6(15)4-8(7)10(12)13/h2-4,9-10,15H,1H3. The van der Waals surface area contributed by atoms with Gasteiger partial charge in [-0.3, -0.25) is 4.79 Å². The molecule has 0 aromatic heterocycles. The molecule has 0 fully saturated rings. The van der Waals surface area contributed by atoms with Gasteiger partial charge in [-0.15, -0.1) is 12.6 Å². The summed E-state index contributed by atoms with van der Waals surface area (Å²) in [6.45, 7) is 1.35. The molecule has 1 atom stereocenters. The van der Waals surface area contributed by atoms with Crippen LogP contribution in [0.25, 0.3) is 0 Å². The fourth-order valence-electron chi connectivity index (χ4n) is 1.20. The summed E-state index contributed by atoms with van der Waals surface area (Å²) in [5.41, 5.74) is 0.148. The third-order valence-corrected chi connectivity index (χ3v) is 3.35. The first-order valence-electron chi connectivity index (χ1n) is 4.19. The lowest BCUT2D eigenvalue weighted by atomic mass is 10.0. The summed E-state index contributed by atoms with van der Waals surface area (Å²) in [7, 11) is 0. The first-order chi connectivity index (χ1) is 6.93. The maximum atomic E-state index is 12.7. The molecule has 0 bridgehead atoms. The number of alkyl halides is 3. The van der Waals surface area contributed by atoms with Crippen LogP contribution in [-0.4, -0.2) is 5.78 Å². The molecule has 82 valence electrons. The quantitative estimate of drug-likeness (QED) is 0.660. The zero-order valence-electron chi connectivity index (χ0n) is 7.88. The Morgan fingerprint density at radius 1 is 1.40 bits per heavy atom. The first kappa shape index (κ1) is 12.6. The highest BCUT2D eigenvalue weighted by atomic mass is 79.9. The molecule has 15 heavy (non-hydrogen) atoms. The Hall–Kier alpha value is -0.420. The number of hydrogen-bond donors (Lipinski definition) is 1. The van der Waals surface area contributed by atoms with Crippen LogP contribution in [0.4, 0.5) is 8.78 Å². The van der Waals surface area contributed by atoms with Crippen molar-refractivity contribution in [3.05, 3.63) is 29.3 Å². The average Bonchev–Trinajstić information content (AvgIpc) is 2.16. The van der Waals surface area contributed by atoms with Gasteiger partial charge in [0.05, 0.1) is 4.83 Å². The van der Waals surface area contributed by atoms with Gasteiger partial charge in [-0.1, -0.05) is 22.0 Å². The van der Waals surface area contributed by atoms with Crippen molar-refractivity contribution in [3.63, 3.8) is 0 Å². The first-order valence-corrected chi connectivity index (χ1v) is 5.55. The predicted molar refractivity (Wildman–Crippen MR) is 61.0 cm³/mol. The molecule has 0 spiro atoms. The lowest BCUT2D eigenvalue weighted by Gasteiger charge is -2.12. The highest BCUT2D eigenvalue weighted by Gasteiger charge is 2.21. The van der Waals surface area contributed by atoms with E-state index in [1.807, 2.05) is 0 Å². The van der Waals surface area contributed by atoms with E-state index in [9.17, 15) is 13.6 Å². The van der Waals surface area contributed by atoms with Crippen molar-refractivity contribution in [3.8, 4) is 0 Å². The van der Waals surface area contributed by atoms with Gasteiger partial charge in [-0.2, -0.15) is 0 Å². The molecule has 1 aromatic carbocycles. The van der Waals surface area contributed by atoms with E-state index < -0.39 is 11.3 Å². The molecule has 1 nitrogen and oxygen atoms in total. The summed E-state index contributed by atoms with van der Waals surface area (Å²) < 4.78 is 25.3. The summed E-state index contributed by atoms with van der Waals surface area (Å²) >= 11 is 7.07. The van der Waals surface area contributed by atoms with Gasteiger partial charge in [-0.05, 0) is 24.6 Å². The van der Waals surface area contributed by atoms with E-state index in [0.717, 1.165) is 0 Å². The monoisotopic (exact) mass is 294 g/mol. The highest BCUT2D eigenvalue weighted by Crippen LogP contribution is 2.33. The van der Waals surface area contributed by atoms with Crippen molar-refractivity contribution in [2.45, 2.75) is 23.1 Å². The molecule has 0 radical (unpaired) electrons. The highest BCUT2D eigenvalue weighted by molar-refractivity contribution is 9.09. The third kappa shape index (κ3) is 3.01. The minimum Gasteiger partial charge on any atom is -0.298 e. The molecular weight excluding hydrogens is 286 g/mol. The van der Waals surface area contributed by atoms with Gasteiger partial charge in [0.2, 0.25) is 0 Å². The number of benzene rings is 1. The lowest BCUT2D eigenvalue weighted by molar-refractivity contribution is -0.116. The van der Waals surface area contributed by atoms with Gasteiger partial charge in [0, 0.05) is 10.5 Å². The van der Waals surface area contributed by atoms with E-state index in [-0.39, 0.29) is 11.3 Å². The van der Waals surface area contributed by atoms with E-state index in [4.69, 9.17) is 0 Å². The van der Waals surface area contributed by atoms with Crippen LogP contribution in [0, 0.1) is 0 Å². The van der Waals surface area contributed by atoms with Crippen LogP contribution in [0.15, 0.2) is 23.1 Å². The Kier molecular flexibility index (Phi) is 4.28. The zero-order chi connectivity index (χ0) is 11.6. The number of ketones is 1. The molecule has 0 saturated carbocycles. The fourth-order valence-corrected chi connectivity index (χ4v) is 1.83. The molecule has 0 amide bonds. The van der Waals surface area contributed by atoms with Crippen molar-refractivity contribution in [1.82, 2.24) is 0 Å². The molecule has 1 rings (SSSR count). The minimum absolute atomic E-state index is 0.153. The second-order valence-corrected chi connectivity index (χ2v) is 4.52. The number of rotatable bonds is 3. The van der Waals surface area contributed by atoms with Crippen LogP contribution in [0.5, 0.6) is 0 Å². The smallest absolute Gasteiger partial charge is 0.264 e. The van der Waals surface area contributed by atoms with Crippen LogP contribution in [0.2, 0.25) is 0 Å². The Morgan fingerprint density at radius 2 is 2.00 bits per heavy atom. The molecule has 0 aliphatic rings. The van der Waals surface area contributed by atoms with Gasteiger partial charge in [0.15, 0.2) is 0 Å². The van der Waals surface area contributed by atoms with E-state index in [1.165, 1.54) is 19.1 Å². The molecule has 0 heterocycles. The van der Waals surface area contributed by atoms with Gasteiger partial charge < -0.3 is 0 Å². The second-order valence-electron chi connectivity index (χ2n) is 3.09. The summed E-state index contributed by atoms with van der Waals surface area (Å²) in [6.07, 6.45) is -2.61. The van der Waals surface area contributed by atoms with E-state index >= 15 is 0 Å². The lowest BCUT2D eigenvalue weighted by Crippen LogP contribution is -2.05. The van der Waals surface area contributed by atoms with Gasteiger partial charge in [-0.25, -0.2) is 8.78 Å². The van der Waals surface area contributed by atoms with Gasteiger partial charge >= 0.3 is 0 Å². The Balaban J connectivity index is 3.22. The number of carbonyl (C=O) groups is 1. The molecular formula is C10H9BrF2OS. The van der Waals surface area contributed by atoms with E-state index in [2.05, 4.69) is 28.6 Å². The maximum absolute atomic E-state index is 12.7. The molecule has 0 saturated heterocycles. The average molecular weight is 295 g/mol. The van der Waals surface area contributed by atoms with Crippen molar-refractivity contribution in [1.29, 1.82) is 0 Å². The molecule has 0 aliphatic carbocycles. The number of hydrogen-bond acceptors (Lipinski definition) is 2. The largest absolute Gasteiger partial charge is 0.298 e. The van der Waals surface area contributed by atoms with Crippen LogP contribution in [-0.2, 0) is 4.79 Å². The number of thiol groups is 1. The van der Waals surface area contributed by atoms with E-state index in [0.29, 0.717) is 10.5 Å². The van der Waals surface area contributed by atoms with Crippen molar-refractivity contribution in [2.24, 2.45) is 0 Å². The Morgan fingerprint density at radius 3 is 2.47 bits per heavy atom. The predicted octanol–water partition coefficient (Wildman–Crippen LogP) is 3.94. The Labute approximate surface area is 100 Å². The molecule has 1 aromatic rings. The molecule has 5 heteroatoms. The van der Waals surface area contributed by atoms with Gasteiger partial charge in [0.25, 0.3) is 6.43 Å². The summed E-state index contributed by atoms with van der Waals surface area (Å²) in [6, 6.07) is 4.35. The van der Waals surface area contributed by atoms with E-state index in [1.54, 1.807) is 6.07 Å². The summed E-state index contributed by atoms with van der Waals surface area (Å²) in [4.78, 5) is 10.9. The normalized spacial score (nSPS) is 12.9. The minimum atomic E-state index is -2.61. The molecule has 1 unspecified atom stereocenters. The maximum Gasteiger partial charge on any atom is 0.264 e. The van der Waals surface area contributed by atoms with Crippen LogP contribution in [0.3, 0.4) is 0 Å². The van der Waals surface area contributed by atoms with Crippen LogP contribution >= 0.6 is 28.6 Å². The second kappa shape index (κ2) is 5.07. The summed E-state index contributed by atoms with van der Waals surface area (Å²) in [5.74, 6) is -0.205. The summed E-state index contributed by atoms with van der Waals surface area (Å²) in [5, 5.41) is 0. The van der Waals surface area contributed by atoms with Gasteiger partial charge in [0.1, 0.15) is 5.78 Å². The number of halogens is 3. The topological polar surface area (TPSA) is 17.1 Å². The number of carbonyl (C=O) groups excluding carboxylic acids is 1. The van der Waals surface area contributed by atoms with Crippen LogP contribution in [0.1, 0.15) is 29.3 Å². The number of Topliss-reactive ketones (excluding diaryl/α,β-unsaturated/α-hetero) is 1.